The van der Waals surface area contributed by atoms with Crippen LogP contribution in [0.2, 0.25) is 0 Å². The third-order valence-electron chi connectivity index (χ3n) is 3.17. The Morgan fingerprint density at radius 2 is 1.85 bits per heavy atom. The van der Waals surface area contributed by atoms with Gasteiger partial charge in [0.15, 0.2) is 0 Å². The highest BCUT2D eigenvalue weighted by atomic mass is 15.1. The lowest BCUT2D eigenvalue weighted by Gasteiger charge is -2.07. The molecular weight excluding hydrogens is 250 g/mol. The molecule has 2 heterocycles. The molecule has 0 fully saturated rings. The summed E-state index contributed by atoms with van der Waals surface area (Å²) < 4.78 is 2.01. The zero-order valence-corrected chi connectivity index (χ0v) is 11.4. The maximum atomic E-state index is 4.53. The molecule has 0 saturated heterocycles. The van der Waals surface area contributed by atoms with Gasteiger partial charge in [0, 0.05) is 18.9 Å². The topological polar surface area (TPSA) is 55.6 Å². The Hall–Kier alpha value is -2.69. The van der Waals surface area contributed by atoms with Crippen LogP contribution >= 0.6 is 0 Å². The van der Waals surface area contributed by atoms with Gasteiger partial charge < -0.3 is 9.88 Å². The smallest absolute Gasteiger partial charge is 0.227 e. The van der Waals surface area contributed by atoms with Crippen LogP contribution in [0.5, 0.6) is 0 Å². The minimum Gasteiger partial charge on any atom is -0.330 e. The molecule has 0 aliphatic heterocycles. The van der Waals surface area contributed by atoms with E-state index in [1.807, 2.05) is 61.1 Å². The summed E-state index contributed by atoms with van der Waals surface area (Å²) in [4.78, 5) is 13.1. The minimum atomic E-state index is 0.576. The van der Waals surface area contributed by atoms with Crippen LogP contribution in [0.1, 0.15) is 5.82 Å². The van der Waals surface area contributed by atoms with E-state index in [1.54, 1.807) is 6.20 Å². The minimum absolute atomic E-state index is 0.576. The van der Waals surface area contributed by atoms with Gasteiger partial charge >= 0.3 is 0 Å². The third kappa shape index (κ3) is 2.38. The number of nitrogens with one attached hydrogen (secondary N) is 1. The van der Waals surface area contributed by atoms with Crippen LogP contribution in [0.4, 0.5) is 11.6 Å². The molecule has 5 heteroatoms. The molecule has 0 bridgehead atoms. The predicted octanol–water partition coefficient (Wildman–Crippen LogP) is 2.93. The van der Waals surface area contributed by atoms with Gasteiger partial charge in [-0.15, -0.1) is 0 Å². The van der Waals surface area contributed by atoms with E-state index in [-0.39, 0.29) is 0 Å². The molecule has 1 N–H and O–H groups in total. The van der Waals surface area contributed by atoms with Crippen LogP contribution in [-0.2, 0) is 7.05 Å². The maximum absolute atomic E-state index is 4.53. The second-order valence-electron chi connectivity index (χ2n) is 4.51. The number of rotatable bonds is 3. The fourth-order valence-electron chi connectivity index (χ4n) is 1.95. The number of aromatic nitrogens is 4. The first kappa shape index (κ1) is 12.3. The van der Waals surface area contributed by atoms with E-state index < -0.39 is 0 Å². The van der Waals surface area contributed by atoms with Gasteiger partial charge in [-0.1, -0.05) is 18.2 Å². The Morgan fingerprint density at radius 3 is 2.55 bits per heavy atom. The number of nitrogens with zero attached hydrogens (tertiary/aromatic N) is 4. The molecule has 5 nitrogen and oxygen atoms in total. The molecule has 3 aromatic rings. The molecule has 20 heavy (non-hydrogen) atoms. The summed E-state index contributed by atoms with van der Waals surface area (Å²) in [6.07, 6.45) is 3.57. The zero-order valence-electron chi connectivity index (χ0n) is 11.4. The third-order valence-corrected chi connectivity index (χ3v) is 3.17. The number of benzene rings is 1. The highest BCUT2D eigenvalue weighted by Crippen LogP contribution is 2.19. The molecule has 0 aliphatic rings. The highest BCUT2D eigenvalue weighted by Gasteiger charge is 2.08. The van der Waals surface area contributed by atoms with Crippen molar-refractivity contribution in [2.24, 2.45) is 7.05 Å². The van der Waals surface area contributed by atoms with Crippen LogP contribution in [0, 0.1) is 6.92 Å². The van der Waals surface area contributed by atoms with Crippen molar-refractivity contribution in [3.8, 4) is 11.4 Å². The number of imidazole rings is 1. The molecule has 0 unspecified atom stereocenters. The predicted molar refractivity (Wildman–Crippen MR) is 78.7 cm³/mol. The Morgan fingerprint density at radius 1 is 1.05 bits per heavy atom. The van der Waals surface area contributed by atoms with Gasteiger partial charge in [-0.2, -0.15) is 0 Å². The Balaban J connectivity index is 1.92. The second kappa shape index (κ2) is 5.13. The summed E-state index contributed by atoms with van der Waals surface area (Å²) in [6.45, 7) is 1.97. The van der Waals surface area contributed by atoms with Crippen LogP contribution in [0.25, 0.3) is 11.4 Å². The number of hydrogen-bond donors (Lipinski definition) is 1. The first-order valence-corrected chi connectivity index (χ1v) is 6.38. The Bertz CT molecular complexity index is 718. The molecule has 0 spiro atoms. The van der Waals surface area contributed by atoms with Crippen LogP contribution in [0.15, 0.2) is 48.8 Å². The van der Waals surface area contributed by atoms with Crippen molar-refractivity contribution in [2.75, 3.05) is 5.32 Å². The SMILES string of the molecule is Cc1ncc(-c2ccnc(Nc3ccccc3)n2)n1C. The number of para-hydroxylation sites is 1. The van der Waals surface area contributed by atoms with Crippen molar-refractivity contribution >= 4 is 11.6 Å². The van der Waals surface area contributed by atoms with E-state index in [1.165, 1.54) is 0 Å². The largest absolute Gasteiger partial charge is 0.330 e. The molecule has 0 saturated carbocycles. The fourth-order valence-corrected chi connectivity index (χ4v) is 1.95. The lowest BCUT2D eigenvalue weighted by molar-refractivity contribution is 0.861. The summed E-state index contributed by atoms with van der Waals surface area (Å²) in [5.41, 5.74) is 2.79. The van der Waals surface area contributed by atoms with Crippen LogP contribution in [0.3, 0.4) is 0 Å². The molecule has 100 valence electrons. The van der Waals surface area contributed by atoms with Gasteiger partial charge in [0.05, 0.1) is 17.6 Å². The average Bonchev–Trinajstić information content (AvgIpc) is 2.80. The molecular formula is C15H15N5. The van der Waals surface area contributed by atoms with Crippen LogP contribution in [-0.4, -0.2) is 19.5 Å². The number of hydrogen-bond acceptors (Lipinski definition) is 4. The van der Waals surface area contributed by atoms with Crippen molar-refractivity contribution in [3.05, 3.63) is 54.6 Å². The molecule has 3 rings (SSSR count). The van der Waals surface area contributed by atoms with Crippen molar-refractivity contribution in [1.29, 1.82) is 0 Å². The quantitative estimate of drug-likeness (QED) is 0.791. The number of aryl methyl sites for hydroxylation is 1. The maximum Gasteiger partial charge on any atom is 0.227 e. The zero-order chi connectivity index (χ0) is 13.9. The van der Waals surface area contributed by atoms with Gasteiger partial charge in [0.2, 0.25) is 5.95 Å². The van der Waals surface area contributed by atoms with Gasteiger partial charge in [-0.25, -0.2) is 15.0 Å². The van der Waals surface area contributed by atoms with E-state index in [0.717, 1.165) is 22.9 Å². The first-order valence-electron chi connectivity index (χ1n) is 6.38. The van der Waals surface area contributed by atoms with E-state index in [0.29, 0.717) is 5.95 Å². The summed E-state index contributed by atoms with van der Waals surface area (Å²) in [7, 11) is 1.98. The van der Waals surface area contributed by atoms with Crippen molar-refractivity contribution < 1.29 is 0 Å². The van der Waals surface area contributed by atoms with E-state index in [4.69, 9.17) is 0 Å². The average molecular weight is 265 g/mol. The molecule has 1 aromatic carbocycles. The van der Waals surface area contributed by atoms with Gasteiger partial charge in [0.1, 0.15) is 5.82 Å². The molecule has 0 atom stereocenters. The molecule has 0 radical (unpaired) electrons. The van der Waals surface area contributed by atoms with Crippen molar-refractivity contribution in [1.82, 2.24) is 19.5 Å². The fraction of sp³-hybridized carbons (Fsp3) is 0.133. The van der Waals surface area contributed by atoms with E-state index in [9.17, 15) is 0 Å². The lowest BCUT2D eigenvalue weighted by Crippen LogP contribution is -2.00. The highest BCUT2D eigenvalue weighted by molar-refractivity contribution is 5.59. The Kier molecular flexibility index (Phi) is 3.16. The summed E-state index contributed by atoms with van der Waals surface area (Å²) in [6, 6.07) is 11.7. The monoisotopic (exact) mass is 265 g/mol. The van der Waals surface area contributed by atoms with Gasteiger partial charge in [-0.05, 0) is 25.1 Å². The molecule has 0 amide bonds. The molecule has 2 aromatic heterocycles. The first-order chi connectivity index (χ1) is 9.74. The summed E-state index contributed by atoms with van der Waals surface area (Å²) in [5.74, 6) is 1.53. The Labute approximate surface area is 117 Å². The second-order valence-corrected chi connectivity index (χ2v) is 4.51. The summed E-state index contributed by atoms with van der Waals surface area (Å²) >= 11 is 0. The van der Waals surface area contributed by atoms with Crippen molar-refractivity contribution in [3.63, 3.8) is 0 Å². The molecule has 0 aliphatic carbocycles. The van der Waals surface area contributed by atoms with E-state index >= 15 is 0 Å². The van der Waals surface area contributed by atoms with E-state index in [2.05, 4.69) is 20.3 Å². The summed E-state index contributed by atoms with van der Waals surface area (Å²) in [5, 5.41) is 3.19. The van der Waals surface area contributed by atoms with Gasteiger partial charge in [0.25, 0.3) is 0 Å². The lowest BCUT2D eigenvalue weighted by atomic mass is 10.3. The normalized spacial score (nSPS) is 10.5. The van der Waals surface area contributed by atoms with Crippen LogP contribution < -0.4 is 5.32 Å². The number of anilines is 2. The standard InChI is InChI=1S/C15H15N5/c1-11-17-10-14(20(11)2)13-8-9-16-15(19-13)18-12-6-4-3-5-7-12/h3-10H,1-2H3,(H,16,18,19). The van der Waals surface area contributed by atoms with Gasteiger partial charge in [-0.3, -0.25) is 0 Å². The van der Waals surface area contributed by atoms with Crippen molar-refractivity contribution in [2.45, 2.75) is 6.92 Å².